The average molecular weight is 235 g/mol. The summed E-state index contributed by atoms with van der Waals surface area (Å²) in [5, 5.41) is 0. The van der Waals surface area contributed by atoms with Crippen LogP contribution >= 0.6 is 0 Å². The number of hydrogen-bond donors (Lipinski definition) is 1. The largest absolute Gasteiger partial charge is 0.496 e. The summed E-state index contributed by atoms with van der Waals surface area (Å²) in [6, 6.07) is 2.15. The van der Waals surface area contributed by atoms with Crippen LogP contribution in [0, 0.1) is 26.7 Å². The number of nitrogens with two attached hydrogens (primary N) is 1. The van der Waals surface area contributed by atoms with Crippen LogP contribution in [0.1, 0.15) is 35.6 Å². The van der Waals surface area contributed by atoms with Crippen molar-refractivity contribution < 1.29 is 4.74 Å². The van der Waals surface area contributed by atoms with Crippen LogP contribution in [-0.4, -0.2) is 13.7 Å². The zero-order chi connectivity index (χ0) is 13.0. The maximum atomic E-state index is 5.61. The lowest BCUT2D eigenvalue weighted by atomic mass is 9.89. The highest BCUT2D eigenvalue weighted by molar-refractivity contribution is 5.48. The molecule has 17 heavy (non-hydrogen) atoms. The third kappa shape index (κ3) is 3.22. The number of benzene rings is 1. The van der Waals surface area contributed by atoms with Crippen LogP contribution in [0.5, 0.6) is 5.75 Å². The minimum absolute atomic E-state index is 0.644. The molecule has 1 unspecified atom stereocenters. The maximum Gasteiger partial charge on any atom is 0.122 e. The Balaban J connectivity index is 3.04. The first kappa shape index (κ1) is 14.0. The van der Waals surface area contributed by atoms with Crippen molar-refractivity contribution in [3.05, 3.63) is 28.3 Å². The van der Waals surface area contributed by atoms with Crippen molar-refractivity contribution in [3.8, 4) is 5.75 Å². The van der Waals surface area contributed by atoms with Crippen LogP contribution < -0.4 is 10.5 Å². The number of aryl methyl sites for hydroxylation is 1. The second kappa shape index (κ2) is 6.06. The molecule has 0 aliphatic rings. The van der Waals surface area contributed by atoms with Gasteiger partial charge >= 0.3 is 0 Å². The fraction of sp³-hybridized carbons (Fsp3) is 0.600. The average Bonchev–Trinajstić information content (AvgIpc) is 2.29. The predicted octanol–water partition coefficient (Wildman–Crippen LogP) is 3.15. The Morgan fingerprint density at radius 1 is 1.24 bits per heavy atom. The molecular formula is C15H25NO. The van der Waals surface area contributed by atoms with Gasteiger partial charge in [-0.15, -0.1) is 0 Å². The fourth-order valence-electron chi connectivity index (χ4n) is 2.36. The molecule has 96 valence electrons. The topological polar surface area (TPSA) is 35.2 Å². The molecular weight excluding hydrogens is 210 g/mol. The number of rotatable bonds is 5. The summed E-state index contributed by atoms with van der Waals surface area (Å²) in [7, 11) is 1.73. The molecule has 0 fully saturated rings. The Bertz CT molecular complexity index is 385. The van der Waals surface area contributed by atoms with E-state index in [-0.39, 0.29) is 0 Å². The van der Waals surface area contributed by atoms with Crippen LogP contribution in [-0.2, 0) is 6.42 Å². The molecule has 0 radical (unpaired) electrons. The molecule has 1 atom stereocenters. The van der Waals surface area contributed by atoms with E-state index in [2.05, 4.69) is 33.8 Å². The molecule has 1 aromatic carbocycles. The Labute approximate surface area is 105 Å². The van der Waals surface area contributed by atoms with Crippen LogP contribution in [0.15, 0.2) is 6.07 Å². The molecule has 2 nitrogen and oxygen atoms in total. The zero-order valence-electron chi connectivity index (χ0n) is 11.8. The first-order valence-electron chi connectivity index (χ1n) is 6.35. The summed E-state index contributed by atoms with van der Waals surface area (Å²) in [5.74, 6) is 1.64. The second-order valence-electron chi connectivity index (χ2n) is 5.01. The molecule has 0 aliphatic carbocycles. The van der Waals surface area contributed by atoms with E-state index in [0.29, 0.717) is 5.92 Å². The third-order valence-electron chi connectivity index (χ3n) is 3.64. The van der Waals surface area contributed by atoms with E-state index < -0.39 is 0 Å². The minimum atomic E-state index is 0.644. The SMILES string of the molecule is COc1cc(C)c(CC(C)CCN)c(C)c1C. The molecule has 0 aromatic heterocycles. The van der Waals surface area contributed by atoms with E-state index in [9.17, 15) is 0 Å². The van der Waals surface area contributed by atoms with Crippen molar-refractivity contribution in [3.63, 3.8) is 0 Å². The van der Waals surface area contributed by atoms with E-state index in [0.717, 1.165) is 25.1 Å². The molecule has 0 aliphatic heterocycles. The molecule has 0 bridgehead atoms. The quantitative estimate of drug-likeness (QED) is 0.851. The minimum Gasteiger partial charge on any atom is -0.496 e. The number of hydrogen-bond acceptors (Lipinski definition) is 2. The Kier molecular flexibility index (Phi) is 5.01. The summed E-state index contributed by atoms with van der Waals surface area (Å²) in [6.07, 6.45) is 2.20. The van der Waals surface area contributed by atoms with Crippen molar-refractivity contribution in [2.75, 3.05) is 13.7 Å². The number of methoxy groups -OCH3 is 1. The van der Waals surface area contributed by atoms with Crippen molar-refractivity contribution in [1.82, 2.24) is 0 Å². The molecule has 0 heterocycles. The molecule has 1 aromatic rings. The highest BCUT2D eigenvalue weighted by atomic mass is 16.5. The van der Waals surface area contributed by atoms with Crippen LogP contribution in [0.4, 0.5) is 0 Å². The van der Waals surface area contributed by atoms with Crippen LogP contribution in [0.3, 0.4) is 0 Å². The highest BCUT2D eigenvalue weighted by Gasteiger charge is 2.13. The van der Waals surface area contributed by atoms with Crippen molar-refractivity contribution in [2.24, 2.45) is 11.7 Å². The van der Waals surface area contributed by atoms with E-state index in [1.54, 1.807) is 7.11 Å². The molecule has 0 amide bonds. The molecule has 0 saturated heterocycles. The van der Waals surface area contributed by atoms with Gasteiger partial charge in [-0.2, -0.15) is 0 Å². The van der Waals surface area contributed by atoms with Gasteiger partial charge in [0.15, 0.2) is 0 Å². The van der Waals surface area contributed by atoms with E-state index in [1.165, 1.54) is 22.3 Å². The smallest absolute Gasteiger partial charge is 0.122 e. The normalized spacial score (nSPS) is 12.6. The lowest BCUT2D eigenvalue weighted by molar-refractivity contribution is 0.410. The van der Waals surface area contributed by atoms with Crippen LogP contribution in [0.25, 0.3) is 0 Å². The van der Waals surface area contributed by atoms with Gasteiger partial charge in [-0.25, -0.2) is 0 Å². The zero-order valence-corrected chi connectivity index (χ0v) is 11.8. The summed E-state index contributed by atoms with van der Waals surface area (Å²) in [5.41, 5.74) is 11.0. The molecule has 0 spiro atoms. The lowest BCUT2D eigenvalue weighted by Gasteiger charge is -2.18. The van der Waals surface area contributed by atoms with Gasteiger partial charge < -0.3 is 10.5 Å². The van der Waals surface area contributed by atoms with Crippen molar-refractivity contribution in [1.29, 1.82) is 0 Å². The van der Waals surface area contributed by atoms with Gasteiger partial charge in [0.1, 0.15) is 5.75 Å². The molecule has 2 N–H and O–H groups in total. The molecule has 2 heteroatoms. The predicted molar refractivity (Wildman–Crippen MR) is 73.7 cm³/mol. The van der Waals surface area contributed by atoms with E-state index in [4.69, 9.17) is 10.5 Å². The monoisotopic (exact) mass is 235 g/mol. The van der Waals surface area contributed by atoms with Crippen molar-refractivity contribution >= 4 is 0 Å². The Morgan fingerprint density at radius 3 is 2.41 bits per heavy atom. The standard InChI is InChI=1S/C15H25NO/c1-10(6-7-16)8-14-11(2)9-15(17-5)13(4)12(14)3/h9-10H,6-8,16H2,1-5H3. The lowest BCUT2D eigenvalue weighted by Crippen LogP contribution is -2.10. The maximum absolute atomic E-state index is 5.61. The van der Waals surface area contributed by atoms with E-state index >= 15 is 0 Å². The first-order chi connectivity index (χ1) is 8.01. The Morgan fingerprint density at radius 2 is 1.88 bits per heavy atom. The summed E-state index contributed by atoms with van der Waals surface area (Å²) < 4.78 is 5.39. The second-order valence-corrected chi connectivity index (χ2v) is 5.01. The van der Waals surface area contributed by atoms with Gasteiger partial charge in [-0.3, -0.25) is 0 Å². The first-order valence-corrected chi connectivity index (χ1v) is 6.35. The third-order valence-corrected chi connectivity index (χ3v) is 3.64. The van der Waals surface area contributed by atoms with Crippen LogP contribution in [0.2, 0.25) is 0 Å². The molecule has 0 saturated carbocycles. The van der Waals surface area contributed by atoms with Gasteiger partial charge in [0.2, 0.25) is 0 Å². The van der Waals surface area contributed by atoms with Gasteiger partial charge in [-0.05, 0) is 74.4 Å². The van der Waals surface area contributed by atoms with E-state index in [1.807, 2.05) is 0 Å². The van der Waals surface area contributed by atoms with Gasteiger partial charge in [0.05, 0.1) is 7.11 Å². The van der Waals surface area contributed by atoms with Gasteiger partial charge in [0.25, 0.3) is 0 Å². The molecule has 1 rings (SSSR count). The fourth-order valence-corrected chi connectivity index (χ4v) is 2.36. The summed E-state index contributed by atoms with van der Waals surface area (Å²) in [6.45, 7) is 9.53. The highest BCUT2D eigenvalue weighted by Crippen LogP contribution is 2.29. The van der Waals surface area contributed by atoms with Gasteiger partial charge in [-0.1, -0.05) is 6.92 Å². The number of ether oxygens (including phenoxy) is 1. The Hall–Kier alpha value is -1.02. The van der Waals surface area contributed by atoms with Crippen molar-refractivity contribution in [2.45, 2.75) is 40.5 Å². The summed E-state index contributed by atoms with van der Waals surface area (Å²) >= 11 is 0. The summed E-state index contributed by atoms with van der Waals surface area (Å²) in [4.78, 5) is 0. The van der Waals surface area contributed by atoms with Gasteiger partial charge in [0, 0.05) is 0 Å².